The first-order valence-electron chi connectivity index (χ1n) is 5.35. The van der Waals surface area contributed by atoms with Crippen molar-refractivity contribution in [2.75, 3.05) is 0 Å². The number of fused-ring (bicyclic) bond motifs is 1. The second-order valence-corrected chi connectivity index (χ2v) is 4.88. The van der Waals surface area contributed by atoms with E-state index in [4.69, 9.17) is 5.73 Å². The minimum absolute atomic E-state index is 0.274. The number of aromatic nitrogens is 1. The minimum atomic E-state index is -0.274. The van der Waals surface area contributed by atoms with Crippen LogP contribution in [0.4, 0.5) is 0 Å². The Bertz CT molecular complexity index is 706. The number of benzene rings is 1. The summed E-state index contributed by atoms with van der Waals surface area (Å²) in [6.07, 6.45) is 3.55. The average Bonchev–Trinajstić information content (AvgIpc) is 2.68. The van der Waals surface area contributed by atoms with Gasteiger partial charge in [-0.15, -0.1) is 0 Å². The molecule has 0 aliphatic carbocycles. The van der Waals surface area contributed by atoms with Crippen LogP contribution in [0, 0.1) is 0 Å². The van der Waals surface area contributed by atoms with Crippen molar-refractivity contribution in [3.8, 4) is 0 Å². The van der Waals surface area contributed by atoms with Crippen molar-refractivity contribution in [3.63, 3.8) is 0 Å². The fourth-order valence-electron chi connectivity index (χ4n) is 1.76. The Morgan fingerprint density at radius 1 is 1.28 bits per heavy atom. The van der Waals surface area contributed by atoms with Gasteiger partial charge in [0.25, 0.3) is 5.91 Å². The number of amides is 1. The summed E-state index contributed by atoms with van der Waals surface area (Å²) in [7, 11) is 0. The molecule has 1 aromatic heterocycles. The van der Waals surface area contributed by atoms with Gasteiger partial charge in [0.1, 0.15) is 0 Å². The topological polar surface area (TPSA) is 68.3 Å². The van der Waals surface area contributed by atoms with Gasteiger partial charge in [-0.05, 0) is 41.6 Å². The number of thioether (sulfide) groups is 1. The summed E-state index contributed by atoms with van der Waals surface area (Å²) in [5, 5.41) is 1.34. The monoisotopic (exact) mass is 255 g/mol. The number of hydrogen-bond donors (Lipinski definition) is 1. The fourth-order valence-corrected chi connectivity index (χ4v) is 2.44. The summed E-state index contributed by atoms with van der Waals surface area (Å²) in [4.78, 5) is 19.9. The van der Waals surface area contributed by atoms with Gasteiger partial charge in [-0.1, -0.05) is 12.1 Å². The average molecular weight is 255 g/mol. The number of rotatable bonds is 1. The Kier molecular flexibility index (Phi) is 2.60. The fraction of sp³-hybridized carbons (Fsp3) is 0. The molecule has 18 heavy (non-hydrogen) atoms. The van der Waals surface area contributed by atoms with E-state index in [0.29, 0.717) is 10.1 Å². The Labute approximate surface area is 108 Å². The predicted molar refractivity (Wildman–Crippen MR) is 73.9 cm³/mol. The molecule has 1 aliphatic rings. The van der Waals surface area contributed by atoms with Gasteiger partial charge in [0.05, 0.1) is 10.4 Å². The maximum absolute atomic E-state index is 11.5. The third kappa shape index (κ3) is 2.00. The highest BCUT2D eigenvalue weighted by molar-refractivity contribution is 8.18. The van der Waals surface area contributed by atoms with Crippen LogP contribution in [0.1, 0.15) is 5.56 Å². The zero-order chi connectivity index (χ0) is 12.5. The molecular formula is C13H9N3OS. The molecule has 0 radical (unpaired) electrons. The molecule has 2 aromatic rings. The van der Waals surface area contributed by atoms with Gasteiger partial charge in [0.2, 0.25) is 0 Å². The molecular weight excluding hydrogens is 246 g/mol. The van der Waals surface area contributed by atoms with Crippen LogP contribution in [0.2, 0.25) is 0 Å². The zero-order valence-corrected chi connectivity index (χ0v) is 10.1. The van der Waals surface area contributed by atoms with Gasteiger partial charge in [0.15, 0.2) is 5.17 Å². The van der Waals surface area contributed by atoms with Gasteiger partial charge < -0.3 is 5.73 Å². The normalized spacial score (nSPS) is 17.4. The van der Waals surface area contributed by atoms with Crippen molar-refractivity contribution < 1.29 is 4.79 Å². The Hall–Kier alpha value is -2.14. The van der Waals surface area contributed by atoms with Gasteiger partial charge in [0, 0.05) is 11.6 Å². The van der Waals surface area contributed by atoms with E-state index >= 15 is 0 Å². The van der Waals surface area contributed by atoms with E-state index < -0.39 is 0 Å². The molecule has 88 valence electrons. The molecule has 0 fully saturated rings. The number of nitrogens with two attached hydrogens (primary N) is 1. The zero-order valence-electron chi connectivity index (χ0n) is 9.33. The van der Waals surface area contributed by atoms with Crippen molar-refractivity contribution in [1.29, 1.82) is 0 Å². The van der Waals surface area contributed by atoms with Crippen LogP contribution in [-0.4, -0.2) is 16.1 Å². The summed E-state index contributed by atoms with van der Waals surface area (Å²) in [5.74, 6) is -0.274. The number of nitrogens with zero attached hydrogens (tertiary/aromatic N) is 2. The highest BCUT2D eigenvalue weighted by Crippen LogP contribution is 2.27. The number of carbonyl (C=O) groups is 1. The lowest BCUT2D eigenvalue weighted by Crippen LogP contribution is -2.01. The van der Waals surface area contributed by atoms with Crippen LogP contribution in [0.25, 0.3) is 17.0 Å². The molecule has 0 unspecified atom stereocenters. The van der Waals surface area contributed by atoms with Crippen molar-refractivity contribution >= 4 is 39.8 Å². The summed E-state index contributed by atoms with van der Waals surface area (Å²) < 4.78 is 0. The number of aliphatic imine (C=N–C) groups is 1. The van der Waals surface area contributed by atoms with E-state index in [1.54, 1.807) is 12.3 Å². The van der Waals surface area contributed by atoms with Crippen molar-refractivity contribution in [3.05, 3.63) is 47.0 Å². The second kappa shape index (κ2) is 4.27. The van der Waals surface area contributed by atoms with Crippen molar-refractivity contribution in [1.82, 2.24) is 4.98 Å². The summed E-state index contributed by atoms with van der Waals surface area (Å²) >= 11 is 1.20. The van der Waals surface area contributed by atoms with Crippen LogP contribution in [0.3, 0.4) is 0 Å². The van der Waals surface area contributed by atoms with Gasteiger partial charge >= 0.3 is 0 Å². The quantitative estimate of drug-likeness (QED) is 0.793. The molecule has 3 rings (SSSR count). The van der Waals surface area contributed by atoms with E-state index in [0.717, 1.165) is 16.5 Å². The van der Waals surface area contributed by atoms with E-state index in [2.05, 4.69) is 9.98 Å². The molecule has 1 aliphatic heterocycles. The lowest BCUT2D eigenvalue weighted by molar-refractivity contribution is -0.113. The van der Waals surface area contributed by atoms with Crippen LogP contribution >= 0.6 is 11.8 Å². The first-order chi connectivity index (χ1) is 8.72. The van der Waals surface area contributed by atoms with Gasteiger partial charge in [-0.2, -0.15) is 4.99 Å². The van der Waals surface area contributed by atoms with Crippen LogP contribution < -0.4 is 5.73 Å². The predicted octanol–water partition coefficient (Wildman–Crippen LogP) is 2.16. The van der Waals surface area contributed by atoms with Crippen LogP contribution in [-0.2, 0) is 4.79 Å². The Morgan fingerprint density at radius 2 is 2.17 bits per heavy atom. The largest absolute Gasteiger partial charge is 0.378 e. The molecule has 5 heteroatoms. The van der Waals surface area contributed by atoms with E-state index in [1.807, 2.05) is 30.3 Å². The summed E-state index contributed by atoms with van der Waals surface area (Å²) in [6.45, 7) is 0. The molecule has 0 spiro atoms. The molecule has 0 atom stereocenters. The third-order valence-electron chi connectivity index (χ3n) is 2.56. The molecule has 2 N–H and O–H groups in total. The molecule has 0 bridgehead atoms. The van der Waals surface area contributed by atoms with Crippen molar-refractivity contribution in [2.24, 2.45) is 10.7 Å². The first kappa shape index (κ1) is 11.0. The van der Waals surface area contributed by atoms with Gasteiger partial charge in [-0.25, -0.2) is 0 Å². The Morgan fingerprint density at radius 3 is 2.94 bits per heavy atom. The van der Waals surface area contributed by atoms with Crippen molar-refractivity contribution in [2.45, 2.75) is 0 Å². The molecule has 1 aromatic carbocycles. The number of amidine groups is 1. The van der Waals surface area contributed by atoms with Crippen LogP contribution in [0.15, 0.2) is 46.4 Å². The maximum atomic E-state index is 11.5. The van der Waals surface area contributed by atoms with Gasteiger partial charge in [-0.3, -0.25) is 9.78 Å². The van der Waals surface area contributed by atoms with E-state index in [-0.39, 0.29) is 5.91 Å². The molecule has 4 nitrogen and oxygen atoms in total. The second-order valence-electron chi connectivity index (χ2n) is 3.82. The number of carbonyl (C=O) groups excluding carboxylic acids is 1. The smallest absolute Gasteiger partial charge is 0.286 e. The van der Waals surface area contributed by atoms with Crippen LogP contribution in [0.5, 0.6) is 0 Å². The third-order valence-corrected chi connectivity index (χ3v) is 3.37. The molecule has 2 heterocycles. The minimum Gasteiger partial charge on any atom is -0.378 e. The summed E-state index contributed by atoms with van der Waals surface area (Å²) in [6, 6.07) is 9.70. The lowest BCUT2D eigenvalue weighted by Gasteiger charge is -1.99. The molecule has 1 amide bonds. The SMILES string of the molecule is NC1=NC(=O)/C(=C\c2ccc3ncccc3c2)S1. The highest BCUT2D eigenvalue weighted by Gasteiger charge is 2.19. The van der Waals surface area contributed by atoms with E-state index in [9.17, 15) is 4.79 Å². The highest BCUT2D eigenvalue weighted by atomic mass is 32.2. The van der Waals surface area contributed by atoms with E-state index in [1.165, 1.54) is 11.8 Å². The maximum Gasteiger partial charge on any atom is 0.286 e. The lowest BCUT2D eigenvalue weighted by atomic mass is 10.1. The number of hydrogen-bond acceptors (Lipinski definition) is 4. The molecule has 0 saturated heterocycles. The molecule has 0 saturated carbocycles. The summed E-state index contributed by atoms with van der Waals surface area (Å²) in [5.41, 5.74) is 7.37. The first-order valence-corrected chi connectivity index (χ1v) is 6.17. The number of pyridine rings is 1. The Balaban J connectivity index is 2.01. The standard InChI is InChI=1S/C13H9N3OS/c14-13-16-12(17)11(18-13)7-8-3-4-10-9(6-8)2-1-5-15-10/h1-7H,(H2,14,16,17)/b11-7+.